The average molecular weight is 305 g/mol. The molecular formula is C13H18F3N3O2. The van der Waals surface area contributed by atoms with E-state index >= 15 is 0 Å². The van der Waals surface area contributed by atoms with Gasteiger partial charge in [0.1, 0.15) is 5.69 Å². The molecule has 0 N–H and O–H groups in total. The zero-order valence-corrected chi connectivity index (χ0v) is 11.8. The lowest BCUT2D eigenvalue weighted by molar-refractivity contribution is -0.141. The van der Waals surface area contributed by atoms with Gasteiger partial charge in [-0.25, -0.2) is 4.79 Å². The fraction of sp³-hybridized carbons (Fsp3) is 0.692. The Labute approximate surface area is 120 Å². The second-order valence-corrected chi connectivity index (χ2v) is 4.90. The maximum Gasteiger partial charge on any atom is 0.435 e. The van der Waals surface area contributed by atoms with Crippen LogP contribution in [-0.2, 0) is 17.5 Å². The SMILES string of the molecule is CCOC(=O)c1cc(C(F)(F)F)nn1CCN1CCCC1. The van der Waals surface area contributed by atoms with Crippen molar-refractivity contribution in [1.82, 2.24) is 14.7 Å². The van der Waals surface area contributed by atoms with E-state index in [1.807, 2.05) is 0 Å². The highest BCUT2D eigenvalue weighted by Crippen LogP contribution is 2.28. The summed E-state index contributed by atoms with van der Waals surface area (Å²) in [6.07, 6.45) is -2.38. The van der Waals surface area contributed by atoms with Gasteiger partial charge in [0, 0.05) is 12.6 Å². The number of halogens is 3. The van der Waals surface area contributed by atoms with Crippen LogP contribution in [-0.4, -0.2) is 46.9 Å². The minimum Gasteiger partial charge on any atom is -0.461 e. The van der Waals surface area contributed by atoms with E-state index in [4.69, 9.17) is 4.74 Å². The van der Waals surface area contributed by atoms with Crippen molar-refractivity contribution >= 4 is 5.97 Å². The third-order valence-corrected chi connectivity index (χ3v) is 3.38. The highest BCUT2D eigenvalue weighted by Gasteiger charge is 2.36. The molecule has 8 heteroatoms. The number of nitrogens with zero attached hydrogens (tertiary/aromatic N) is 3. The summed E-state index contributed by atoms with van der Waals surface area (Å²) in [4.78, 5) is 13.9. The van der Waals surface area contributed by atoms with E-state index in [1.54, 1.807) is 6.92 Å². The summed E-state index contributed by atoms with van der Waals surface area (Å²) >= 11 is 0. The molecule has 1 aliphatic rings. The van der Waals surface area contributed by atoms with Gasteiger partial charge < -0.3 is 9.64 Å². The van der Waals surface area contributed by atoms with Gasteiger partial charge in [0.2, 0.25) is 0 Å². The lowest BCUT2D eigenvalue weighted by Gasteiger charge is -2.15. The Morgan fingerprint density at radius 1 is 1.33 bits per heavy atom. The number of hydrogen-bond acceptors (Lipinski definition) is 4. The standard InChI is InChI=1S/C13H18F3N3O2/c1-2-21-12(20)10-9-11(13(14,15)16)17-19(10)8-7-18-5-3-4-6-18/h9H,2-8H2,1H3. The molecule has 1 aliphatic heterocycles. The molecule has 0 saturated carbocycles. The number of carbonyl (C=O) groups is 1. The molecule has 0 aliphatic carbocycles. The maximum atomic E-state index is 12.7. The number of aromatic nitrogens is 2. The van der Waals surface area contributed by atoms with Gasteiger partial charge in [-0.1, -0.05) is 0 Å². The van der Waals surface area contributed by atoms with Crippen molar-refractivity contribution < 1.29 is 22.7 Å². The summed E-state index contributed by atoms with van der Waals surface area (Å²) in [5, 5.41) is 3.51. The van der Waals surface area contributed by atoms with Crippen molar-refractivity contribution in [3.05, 3.63) is 17.5 Å². The molecule has 0 radical (unpaired) electrons. The maximum absolute atomic E-state index is 12.7. The van der Waals surface area contributed by atoms with Gasteiger partial charge in [-0.15, -0.1) is 0 Å². The number of ether oxygens (including phenoxy) is 1. The zero-order valence-electron chi connectivity index (χ0n) is 11.8. The van der Waals surface area contributed by atoms with Crippen LogP contribution in [0, 0.1) is 0 Å². The van der Waals surface area contributed by atoms with Crippen molar-refractivity contribution in [2.24, 2.45) is 0 Å². The second-order valence-electron chi connectivity index (χ2n) is 4.90. The van der Waals surface area contributed by atoms with E-state index in [0.717, 1.165) is 36.7 Å². The Kier molecular flexibility index (Phi) is 4.87. The number of likely N-dealkylation sites (tertiary alicyclic amines) is 1. The first-order chi connectivity index (χ1) is 9.91. The molecule has 0 spiro atoms. The van der Waals surface area contributed by atoms with Crippen LogP contribution in [0.2, 0.25) is 0 Å². The van der Waals surface area contributed by atoms with E-state index < -0.39 is 17.8 Å². The molecule has 5 nitrogen and oxygen atoms in total. The minimum atomic E-state index is -4.57. The summed E-state index contributed by atoms with van der Waals surface area (Å²) in [6.45, 7) is 4.39. The lowest BCUT2D eigenvalue weighted by atomic mass is 10.3. The van der Waals surface area contributed by atoms with Crippen LogP contribution in [0.4, 0.5) is 13.2 Å². The first-order valence-corrected chi connectivity index (χ1v) is 6.96. The summed E-state index contributed by atoms with van der Waals surface area (Å²) in [5.41, 5.74) is -1.21. The molecule has 1 aromatic rings. The predicted molar refractivity (Wildman–Crippen MR) is 68.9 cm³/mol. The van der Waals surface area contributed by atoms with E-state index in [9.17, 15) is 18.0 Å². The van der Waals surface area contributed by atoms with Crippen LogP contribution in [0.25, 0.3) is 0 Å². The highest BCUT2D eigenvalue weighted by molar-refractivity contribution is 5.87. The molecule has 21 heavy (non-hydrogen) atoms. The number of hydrogen-bond donors (Lipinski definition) is 0. The Hall–Kier alpha value is -1.57. The monoisotopic (exact) mass is 305 g/mol. The molecule has 1 saturated heterocycles. The molecule has 2 heterocycles. The molecule has 1 aromatic heterocycles. The largest absolute Gasteiger partial charge is 0.461 e. The van der Waals surface area contributed by atoms with E-state index in [2.05, 4.69) is 10.00 Å². The van der Waals surface area contributed by atoms with Crippen molar-refractivity contribution in [2.75, 3.05) is 26.2 Å². The molecule has 0 atom stereocenters. The Bertz CT molecular complexity index is 493. The Morgan fingerprint density at radius 2 is 2.00 bits per heavy atom. The molecule has 2 rings (SSSR count). The van der Waals surface area contributed by atoms with Gasteiger partial charge in [-0.3, -0.25) is 4.68 Å². The fourth-order valence-electron chi connectivity index (χ4n) is 2.34. The van der Waals surface area contributed by atoms with Gasteiger partial charge >= 0.3 is 12.1 Å². The number of alkyl halides is 3. The van der Waals surface area contributed by atoms with Crippen molar-refractivity contribution in [3.63, 3.8) is 0 Å². The first kappa shape index (κ1) is 15.8. The Balaban J connectivity index is 2.15. The Morgan fingerprint density at radius 3 is 2.57 bits per heavy atom. The molecule has 0 unspecified atom stereocenters. The summed E-state index contributed by atoms with van der Waals surface area (Å²) < 4.78 is 44.1. The quantitative estimate of drug-likeness (QED) is 0.782. The average Bonchev–Trinajstić information content (AvgIpc) is 3.05. The number of esters is 1. The first-order valence-electron chi connectivity index (χ1n) is 6.96. The van der Waals surface area contributed by atoms with Crippen LogP contribution < -0.4 is 0 Å². The zero-order chi connectivity index (χ0) is 15.5. The van der Waals surface area contributed by atoms with E-state index in [0.29, 0.717) is 6.54 Å². The molecule has 0 amide bonds. The van der Waals surface area contributed by atoms with Crippen molar-refractivity contribution in [1.29, 1.82) is 0 Å². The smallest absolute Gasteiger partial charge is 0.435 e. The van der Waals surface area contributed by atoms with Crippen LogP contribution in [0.3, 0.4) is 0 Å². The third kappa shape index (κ3) is 3.96. The van der Waals surface area contributed by atoms with Crippen molar-refractivity contribution in [3.8, 4) is 0 Å². The van der Waals surface area contributed by atoms with Crippen LogP contribution in [0.1, 0.15) is 35.9 Å². The highest BCUT2D eigenvalue weighted by atomic mass is 19.4. The predicted octanol–water partition coefficient (Wildman–Crippen LogP) is 2.17. The van der Waals surface area contributed by atoms with Gasteiger partial charge in [-0.2, -0.15) is 18.3 Å². The van der Waals surface area contributed by atoms with Crippen LogP contribution in [0.5, 0.6) is 0 Å². The third-order valence-electron chi connectivity index (χ3n) is 3.38. The normalized spacial score (nSPS) is 16.4. The number of carbonyl (C=O) groups excluding carboxylic acids is 1. The van der Waals surface area contributed by atoms with Crippen LogP contribution >= 0.6 is 0 Å². The van der Waals surface area contributed by atoms with Crippen LogP contribution in [0.15, 0.2) is 6.07 Å². The second kappa shape index (κ2) is 6.46. The van der Waals surface area contributed by atoms with E-state index in [1.165, 1.54) is 0 Å². The molecule has 1 fully saturated rings. The summed E-state index contributed by atoms with van der Waals surface area (Å²) in [6, 6.07) is 0.752. The summed E-state index contributed by atoms with van der Waals surface area (Å²) in [5.74, 6) is -0.776. The number of rotatable bonds is 5. The fourth-order valence-corrected chi connectivity index (χ4v) is 2.34. The molecule has 0 aromatic carbocycles. The van der Waals surface area contributed by atoms with Gasteiger partial charge in [0.25, 0.3) is 0 Å². The molecule has 0 bridgehead atoms. The van der Waals surface area contributed by atoms with E-state index in [-0.39, 0.29) is 18.8 Å². The minimum absolute atomic E-state index is 0.109. The molecular weight excluding hydrogens is 287 g/mol. The van der Waals surface area contributed by atoms with Gasteiger partial charge in [0.05, 0.1) is 13.2 Å². The van der Waals surface area contributed by atoms with Gasteiger partial charge in [0.15, 0.2) is 5.69 Å². The topological polar surface area (TPSA) is 47.4 Å². The lowest BCUT2D eigenvalue weighted by Crippen LogP contribution is -2.26. The molecule has 118 valence electrons. The summed E-state index contributed by atoms with van der Waals surface area (Å²) in [7, 11) is 0. The van der Waals surface area contributed by atoms with Crippen molar-refractivity contribution in [2.45, 2.75) is 32.5 Å². The van der Waals surface area contributed by atoms with Gasteiger partial charge in [-0.05, 0) is 32.9 Å².